The number of hydrogen-bond acceptors (Lipinski definition) is 2. The van der Waals surface area contributed by atoms with E-state index in [0.29, 0.717) is 6.42 Å². The van der Waals surface area contributed by atoms with Gasteiger partial charge in [0.05, 0.1) is 12.5 Å². The van der Waals surface area contributed by atoms with Crippen LogP contribution in [-0.2, 0) is 24.1 Å². The highest BCUT2D eigenvalue weighted by atomic mass is 16.1. The van der Waals surface area contributed by atoms with Gasteiger partial charge in [-0.3, -0.25) is 4.79 Å². The zero-order valence-electron chi connectivity index (χ0n) is 11.7. The Labute approximate surface area is 124 Å². The van der Waals surface area contributed by atoms with Crippen LogP contribution in [0.1, 0.15) is 16.7 Å². The highest BCUT2D eigenvalue weighted by Gasteiger charge is 2.26. The largest absolute Gasteiger partial charge is 0.326 e. The molecule has 2 aromatic carbocycles. The van der Waals surface area contributed by atoms with Gasteiger partial charge in [0.25, 0.3) is 0 Å². The Bertz CT molecular complexity index is 673. The Morgan fingerprint density at radius 2 is 1.71 bits per heavy atom. The molecule has 0 aliphatic heterocycles. The van der Waals surface area contributed by atoms with Gasteiger partial charge in [0.1, 0.15) is 0 Å². The predicted octanol–water partition coefficient (Wildman–Crippen LogP) is 3.11. The summed E-state index contributed by atoms with van der Waals surface area (Å²) in [6.07, 6.45) is 2.02. The normalized spacial score (nSPS) is 13.5. The molecule has 1 aliphatic rings. The monoisotopic (exact) mass is 276 g/mol. The van der Waals surface area contributed by atoms with Gasteiger partial charge < -0.3 is 5.32 Å². The summed E-state index contributed by atoms with van der Waals surface area (Å²) in [7, 11) is 0. The Balaban J connectivity index is 1.64. The number of nitrogens with zero attached hydrogens (tertiary/aromatic N) is 1. The standard InChI is InChI=1S/C18H16N2O/c19-10-9-13-5-7-17(8-6-13)20-18(21)16-11-14-3-1-2-4-15(14)12-16/h1-8,16H,9,11-12H2,(H,20,21). The number of hydrogen-bond donors (Lipinski definition) is 1. The zero-order chi connectivity index (χ0) is 14.7. The van der Waals surface area contributed by atoms with Gasteiger partial charge in [-0.15, -0.1) is 0 Å². The van der Waals surface area contributed by atoms with Crippen molar-refractivity contribution in [2.75, 3.05) is 5.32 Å². The van der Waals surface area contributed by atoms with Crippen LogP contribution in [0.15, 0.2) is 48.5 Å². The van der Waals surface area contributed by atoms with Crippen molar-refractivity contribution >= 4 is 11.6 Å². The highest BCUT2D eigenvalue weighted by molar-refractivity contribution is 5.93. The van der Waals surface area contributed by atoms with Crippen LogP contribution in [0.25, 0.3) is 0 Å². The third-order valence-corrected chi connectivity index (χ3v) is 3.93. The first-order valence-electron chi connectivity index (χ1n) is 7.10. The van der Waals surface area contributed by atoms with Gasteiger partial charge >= 0.3 is 0 Å². The first-order chi connectivity index (χ1) is 10.3. The number of carbonyl (C=O) groups excluding carboxylic acids is 1. The van der Waals surface area contributed by atoms with Gasteiger partial charge in [-0.25, -0.2) is 0 Å². The maximum atomic E-state index is 12.3. The molecule has 3 rings (SSSR count). The smallest absolute Gasteiger partial charge is 0.228 e. The van der Waals surface area contributed by atoms with Gasteiger partial charge in [-0.2, -0.15) is 5.26 Å². The molecule has 104 valence electrons. The lowest BCUT2D eigenvalue weighted by molar-refractivity contribution is -0.119. The van der Waals surface area contributed by atoms with Crippen molar-refractivity contribution in [3.05, 3.63) is 65.2 Å². The van der Waals surface area contributed by atoms with Crippen LogP contribution in [0.2, 0.25) is 0 Å². The van der Waals surface area contributed by atoms with E-state index in [0.717, 1.165) is 24.1 Å². The molecule has 2 aromatic rings. The van der Waals surface area contributed by atoms with Gasteiger partial charge in [-0.1, -0.05) is 36.4 Å². The molecule has 0 atom stereocenters. The van der Waals surface area contributed by atoms with Crippen LogP contribution in [0, 0.1) is 17.2 Å². The Hall–Kier alpha value is -2.60. The lowest BCUT2D eigenvalue weighted by Gasteiger charge is -2.10. The van der Waals surface area contributed by atoms with Crippen molar-refractivity contribution in [2.24, 2.45) is 5.92 Å². The second-order valence-corrected chi connectivity index (χ2v) is 5.39. The average molecular weight is 276 g/mol. The molecule has 0 radical (unpaired) electrons. The molecule has 0 fully saturated rings. The van der Waals surface area contributed by atoms with Crippen molar-refractivity contribution < 1.29 is 4.79 Å². The summed E-state index contributed by atoms with van der Waals surface area (Å²) >= 11 is 0. The maximum absolute atomic E-state index is 12.3. The molecule has 0 saturated carbocycles. The number of carbonyl (C=O) groups is 1. The number of nitriles is 1. The molecule has 1 amide bonds. The summed E-state index contributed by atoms with van der Waals surface area (Å²) in [5.41, 5.74) is 4.31. The lowest BCUT2D eigenvalue weighted by atomic mass is 10.1. The van der Waals surface area contributed by atoms with Crippen molar-refractivity contribution in [1.82, 2.24) is 0 Å². The SMILES string of the molecule is N#CCc1ccc(NC(=O)C2Cc3ccccc3C2)cc1. The van der Waals surface area contributed by atoms with Crippen LogP contribution in [0.5, 0.6) is 0 Å². The van der Waals surface area contributed by atoms with Gasteiger partial charge in [0.15, 0.2) is 0 Å². The van der Waals surface area contributed by atoms with E-state index >= 15 is 0 Å². The molecule has 0 aromatic heterocycles. The highest BCUT2D eigenvalue weighted by Crippen LogP contribution is 2.27. The number of anilines is 1. The minimum Gasteiger partial charge on any atom is -0.326 e. The number of benzene rings is 2. The third-order valence-electron chi connectivity index (χ3n) is 3.93. The van der Waals surface area contributed by atoms with Crippen LogP contribution < -0.4 is 5.32 Å². The van der Waals surface area contributed by atoms with Gasteiger partial charge in [0, 0.05) is 11.6 Å². The topological polar surface area (TPSA) is 52.9 Å². The first-order valence-corrected chi connectivity index (χ1v) is 7.10. The van der Waals surface area contributed by atoms with E-state index in [1.54, 1.807) is 0 Å². The van der Waals surface area contributed by atoms with Crippen LogP contribution in [0.4, 0.5) is 5.69 Å². The molecule has 21 heavy (non-hydrogen) atoms. The minimum atomic E-state index is 0.0150. The summed E-state index contributed by atoms with van der Waals surface area (Å²) in [4.78, 5) is 12.3. The maximum Gasteiger partial charge on any atom is 0.228 e. The number of amides is 1. The van der Waals surface area contributed by atoms with E-state index in [4.69, 9.17) is 5.26 Å². The van der Waals surface area contributed by atoms with E-state index in [-0.39, 0.29) is 11.8 Å². The molecular weight excluding hydrogens is 260 g/mol. The van der Waals surface area contributed by atoms with Gasteiger partial charge in [-0.05, 0) is 41.7 Å². The van der Waals surface area contributed by atoms with Gasteiger partial charge in [0.2, 0.25) is 5.91 Å². The molecule has 0 unspecified atom stereocenters. The van der Waals surface area contributed by atoms with E-state index in [2.05, 4.69) is 23.5 Å². The van der Waals surface area contributed by atoms with Crippen molar-refractivity contribution in [3.8, 4) is 6.07 Å². The molecular formula is C18H16N2O. The second kappa shape index (κ2) is 5.80. The predicted molar refractivity (Wildman–Crippen MR) is 81.7 cm³/mol. The molecule has 0 saturated heterocycles. The number of rotatable bonds is 3. The number of nitrogens with one attached hydrogen (secondary N) is 1. The van der Waals surface area contributed by atoms with Crippen molar-refractivity contribution in [1.29, 1.82) is 5.26 Å². The summed E-state index contributed by atoms with van der Waals surface area (Å²) in [5.74, 6) is 0.0837. The minimum absolute atomic E-state index is 0.0150. The van der Waals surface area contributed by atoms with E-state index in [1.807, 2.05) is 36.4 Å². The summed E-state index contributed by atoms with van der Waals surface area (Å²) in [6.45, 7) is 0. The van der Waals surface area contributed by atoms with E-state index in [1.165, 1.54) is 11.1 Å². The zero-order valence-corrected chi connectivity index (χ0v) is 11.7. The average Bonchev–Trinajstić information content (AvgIpc) is 2.94. The molecule has 0 heterocycles. The van der Waals surface area contributed by atoms with Crippen LogP contribution >= 0.6 is 0 Å². The molecule has 1 aliphatic carbocycles. The fourth-order valence-electron chi connectivity index (χ4n) is 2.79. The summed E-state index contributed by atoms with van der Waals surface area (Å²) in [5, 5.41) is 11.6. The van der Waals surface area contributed by atoms with Crippen molar-refractivity contribution in [3.63, 3.8) is 0 Å². The molecule has 0 spiro atoms. The van der Waals surface area contributed by atoms with Crippen LogP contribution in [-0.4, -0.2) is 5.91 Å². The summed E-state index contributed by atoms with van der Waals surface area (Å²) in [6, 6.07) is 17.8. The summed E-state index contributed by atoms with van der Waals surface area (Å²) < 4.78 is 0. The molecule has 1 N–H and O–H groups in total. The van der Waals surface area contributed by atoms with Crippen molar-refractivity contribution in [2.45, 2.75) is 19.3 Å². The molecule has 3 heteroatoms. The second-order valence-electron chi connectivity index (χ2n) is 5.39. The Morgan fingerprint density at radius 1 is 1.10 bits per heavy atom. The fraction of sp³-hybridized carbons (Fsp3) is 0.222. The van der Waals surface area contributed by atoms with Crippen LogP contribution in [0.3, 0.4) is 0 Å². The quantitative estimate of drug-likeness (QED) is 0.936. The molecule has 3 nitrogen and oxygen atoms in total. The number of fused-ring (bicyclic) bond motifs is 1. The molecule has 0 bridgehead atoms. The fourth-order valence-corrected chi connectivity index (χ4v) is 2.79. The first kappa shape index (κ1) is 13.4. The van der Waals surface area contributed by atoms with E-state index in [9.17, 15) is 4.79 Å². The Morgan fingerprint density at radius 3 is 2.29 bits per heavy atom. The third kappa shape index (κ3) is 2.95. The Kier molecular flexibility index (Phi) is 3.70. The van der Waals surface area contributed by atoms with E-state index < -0.39 is 0 Å². The lowest BCUT2D eigenvalue weighted by Crippen LogP contribution is -2.23.